The van der Waals surface area contributed by atoms with Crippen LogP contribution in [0.25, 0.3) is 0 Å². The van der Waals surface area contributed by atoms with Crippen LogP contribution in [0.4, 0.5) is 4.79 Å². The van der Waals surface area contributed by atoms with Crippen molar-refractivity contribution < 1.29 is 14.7 Å². The number of carboxylic acid groups (broad SMARTS) is 1. The Morgan fingerprint density at radius 2 is 2.16 bits per heavy atom. The number of rotatable bonds is 6. The van der Waals surface area contributed by atoms with Gasteiger partial charge in [-0.05, 0) is 25.3 Å². The number of aliphatic carboxylic acids is 1. The Bertz CT molecular complexity index is 420. The topological polar surface area (TPSA) is 60.9 Å². The summed E-state index contributed by atoms with van der Waals surface area (Å²) in [5.41, 5.74) is 0. The molecule has 1 unspecified atom stereocenters. The van der Waals surface area contributed by atoms with Crippen LogP contribution in [-0.4, -0.2) is 46.5 Å². The lowest BCUT2D eigenvalue weighted by molar-refractivity contribution is -0.138. The normalized spacial score (nSPS) is 11.9. The highest BCUT2D eigenvalue weighted by atomic mass is 32.1. The molecular weight excluding hydrogens is 264 g/mol. The Morgan fingerprint density at radius 3 is 2.63 bits per heavy atom. The van der Waals surface area contributed by atoms with Crippen molar-refractivity contribution in [3.05, 3.63) is 22.4 Å². The first-order valence-corrected chi connectivity index (χ1v) is 7.09. The quantitative estimate of drug-likeness (QED) is 0.873. The molecule has 0 aliphatic carbocycles. The van der Waals surface area contributed by atoms with E-state index >= 15 is 0 Å². The van der Waals surface area contributed by atoms with Crippen LogP contribution in [0.2, 0.25) is 0 Å². The van der Waals surface area contributed by atoms with Crippen LogP contribution in [-0.2, 0) is 11.3 Å². The summed E-state index contributed by atoms with van der Waals surface area (Å²) in [6, 6.07) is 3.49. The molecule has 0 saturated heterocycles. The average molecular weight is 284 g/mol. The number of carbonyl (C=O) groups is 2. The van der Waals surface area contributed by atoms with Gasteiger partial charge in [0.05, 0.1) is 13.0 Å². The number of nitrogens with zero attached hydrogens (tertiary/aromatic N) is 2. The molecular formula is C13H20N2O3S. The molecule has 1 heterocycles. The third kappa shape index (κ3) is 4.55. The van der Waals surface area contributed by atoms with Gasteiger partial charge in [-0.3, -0.25) is 4.79 Å². The second-order valence-corrected chi connectivity index (χ2v) is 5.48. The van der Waals surface area contributed by atoms with Crippen molar-refractivity contribution in [2.75, 3.05) is 13.6 Å². The maximum Gasteiger partial charge on any atom is 0.320 e. The van der Waals surface area contributed by atoms with Crippen LogP contribution in [0.1, 0.15) is 25.1 Å². The number of carbonyl (C=O) groups excluding carboxylic acids is 1. The summed E-state index contributed by atoms with van der Waals surface area (Å²) in [5, 5.41) is 10.8. The Balaban J connectivity index is 2.64. The monoisotopic (exact) mass is 284 g/mol. The Hall–Kier alpha value is -1.56. The number of hydrogen-bond acceptors (Lipinski definition) is 3. The fourth-order valence-corrected chi connectivity index (χ4v) is 2.68. The van der Waals surface area contributed by atoms with Crippen molar-refractivity contribution in [3.8, 4) is 0 Å². The van der Waals surface area contributed by atoms with Crippen LogP contribution in [0.15, 0.2) is 17.5 Å². The molecule has 19 heavy (non-hydrogen) atoms. The van der Waals surface area contributed by atoms with E-state index in [2.05, 4.69) is 0 Å². The lowest BCUT2D eigenvalue weighted by atomic mass is 10.2. The average Bonchev–Trinajstić information content (AvgIpc) is 2.81. The van der Waals surface area contributed by atoms with E-state index < -0.39 is 5.97 Å². The van der Waals surface area contributed by atoms with E-state index in [9.17, 15) is 9.59 Å². The standard InChI is InChI=1S/C13H20N2O3S/c1-4-15(10(2)8-12(16)17)13(18)14(3)9-11-6-5-7-19-11/h5-7,10H,4,8-9H2,1-3H3,(H,16,17). The molecule has 1 aromatic rings. The fourth-order valence-electron chi connectivity index (χ4n) is 1.92. The molecule has 0 aliphatic rings. The zero-order chi connectivity index (χ0) is 14.4. The van der Waals surface area contributed by atoms with Crippen molar-refractivity contribution in [3.63, 3.8) is 0 Å². The van der Waals surface area contributed by atoms with Gasteiger partial charge in [-0.2, -0.15) is 0 Å². The highest BCUT2D eigenvalue weighted by Gasteiger charge is 2.23. The summed E-state index contributed by atoms with van der Waals surface area (Å²) in [6.45, 7) is 4.67. The van der Waals surface area contributed by atoms with Gasteiger partial charge >= 0.3 is 12.0 Å². The molecule has 1 aromatic heterocycles. The van der Waals surface area contributed by atoms with Gasteiger partial charge in [0.1, 0.15) is 0 Å². The molecule has 0 saturated carbocycles. The smallest absolute Gasteiger partial charge is 0.320 e. The maximum absolute atomic E-state index is 12.3. The molecule has 0 bridgehead atoms. The zero-order valence-electron chi connectivity index (χ0n) is 11.5. The number of urea groups is 1. The first-order valence-electron chi connectivity index (χ1n) is 6.21. The first-order chi connectivity index (χ1) is 8.95. The zero-order valence-corrected chi connectivity index (χ0v) is 12.3. The van der Waals surface area contributed by atoms with Gasteiger partial charge in [-0.25, -0.2) is 4.79 Å². The van der Waals surface area contributed by atoms with Gasteiger partial charge < -0.3 is 14.9 Å². The minimum Gasteiger partial charge on any atom is -0.481 e. The molecule has 0 aromatic carbocycles. The second-order valence-electron chi connectivity index (χ2n) is 4.45. The number of amides is 2. The maximum atomic E-state index is 12.3. The van der Waals surface area contributed by atoms with Crippen molar-refractivity contribution in [1.82, 2.24) is 9.80 Å². The van der Waals surface area contributed by atoms with E-state index in [0.717, 1.165) is 4.88 Å². The number of carboxylic acids is 1. The summed E-state index contributed by atoms with van der Waals surface area (Å²) in [5.74, 6) is -0.889. The molecule has 0 fully saturated rings. The largest absolute Gasteiger partial charge is 0.481 e. The van der Waals surface area contributed by atoms with Crippen molar-refractivity contribution in [2.24, 2.45) is 0 Å². The summed E-state index contributed by atoms with van der Waals surface area (Å²) >= 11 is 1.60. The molecule has 2 amide bonds. The molecule has 6 heteroatoms. The Kier molecular flexibility index (Phi) is 5.82. The molecule has 1 N–H and O–H groups in total. The molecule has 0 spiro atoms. The lowest BCUT2D eigenvalue weighted by Gasteiger charge is -2.31. The minimum atomic E-state index is -0.889. The molecule has 1 atom stereocenters. The Labute approximate surface area is 117 Å². The molecule has 5 nitrogen and oxygen atoms in total. The highest BCUT2D eigenvalue weighted by molar-refractivity contribution is 7.09. The van der Waals surface area contributed by atoms with Gasteiger partial charge in [-0.15, -0.1) is 11.3 Å². The SMILES string of the molecule is CCN(C(=O)N(C)Cc1cccs1)C(C)CC(=O)O. The molecule has 106 valence electrons. The van der Waals surface area contributed by atoms with Crippen LogP contribution in [0.3, 0.4) is 0 Å². The molecule has 0 aliphatic heterocycles. The van der Waals surface area contributed by atoms with Crippen molar-refractivity contribution in [2.45, 2.75) is 32.9 Å². The summed E-state index contributed by atoms with van der Waals surface area (Å²) in [4.78, 5) is 27.3. The minimum absolute atomic E-state index is 0.0353. The number of hydrogen-bond donors (Lipinski definition) is 1. The van der Waals surface area contributed by atoms with Crippen LogP contribution >= 0.6 is 11.3 Å². The van der Waals surface area contributed by atoms with E-state index in [4.69, 9.17) is 5.11 Å². The second kappa shape index (κ2) is 7.13. The Morgan fingerprint density at radius 1 is 1.47 bits per heavy atom. The predicted molar refractivity (Wildman–Crippen MR) is 75.3 cm³/mol. The van der Waals surface area contributed by atoms with Crippen LogP contribution in [0.5, 0.6) is 0 Å². The predicted octanol–water partition coefficient (Wildman–Crippen LogP) is 2.49. The first kappa shape index (κ1) is 15.5. The van der Waals surface area contributed by atoms with Gasteiger partial charge in [0.25, 0.3) is 0 Å². The summed E-state index contributed by atoms with van der Waals surface area (Å²) < 4.78 is 0. The highest BCUT2D eigenvalue weighted by Crippen LogP contribution is 2.13. The van der Waals surface area contributed by atoms with Crippen LogP contribution < -0.4 is 0 Å². The number of thiophene rings is 1. The molecule has 0 radical (unpaired) electrons. The van der Waals surface area contributed by atoms with E-state index in [0.29, 0.717) is 13.1 Å². The third-order valence-corrected chi connectivity index (χ3v) is 3.75. The van der Waals surface area contributed by atoms with E-state index in [-0.39, 0.29) is 18.5 Å². The van der Waals surface area contributed by atoms with Crippen LogP contribution in [0, 0.1) is 0 Å². The van der Waals surface area contributed by atoms with Gasteiger partial charge in [0.15, 0.2) is 0 Å². The lowest BCUT2D eigenvalue weighted by Crippen LogP contribution is -2.46. The third-order valence-electron chi connectivity index (χ3n) is 2.89. The summed E-state index contributed by atoms with van der Waals surface area (Å²) in [7, 11) is 1.73. The van der Waals surface area contributed by atoms with E-state index in [1.165, 1.54) is 0 Å². The van der Waals surface area contributed by atoms with E-state index in [1.807, 2.05) is 24.4 Å². The van der Waals surface area contributed by atoms with Gasteiger partial charge in [0, 0.05) is 24.5 Å². The van der Waals surface area contributed by atoms with Crippen molar-refractivity contribution >= 4 is 23.3 Å². The summed E-state index contributed by atoms with van der Waals surface area (Å²) in [6.07, 6.45) is -0.0353. The van der Waals surface area contributed by atoms with Crippen molar-refractivity contribution in [1.29, 1.82) is 0 Å². The van der Waals surface area contributed by atoms with Gasteiger partial charge in [0.2, 0.25) is 0 Å². The van der Waals surface area contributed by atoms with Gasteiger partial charge in [-0.1, -0.05) is 6.07 Å². The fraction of sp³-hybridized carbons (Fsp3) is 0.538. The van der Waals surface area contributed by atoms with E-state index in [1.54, 1.807) is 35.1 Å². The molecule has 1 rings (SSSR count).